The zero-order valence-electron chi connectivity index (χ0n) is 21.8. The molecule has 0 fully saturated rings. The van der Waals surface area contributed by atoms with Crippen molar-refractivity contribution in [1.29, 1.82) is 0 Å². The van der Waals surface area contributed by atoms with E-state index in [4.69, 9.17) is 4.98 Å². The number of rotatable bonds is 9. The minimum atomic E-state index is -5.96. The standard InChI is InChI=1S/C29H27F3N4O3S/c1-20(2)17-36-26-23-15-9-10-16-24(23)33-27(25(26)34-28(36)39-40(37,38)29(30,31)32)35(18-21-11-5-3-6-12-21)19-22-13-7-4-8-14-22/h3-16,20H,17-19H2,1-2H3. The summed E-state index contributed by atoms with van der Waals surface area (Å²) in [5.74, 6) is 0.339. The van der Waals surface area contributed by atoms with Crippen molar-refractivity contribution in [2.45, 2.75) is 39.0 Å². The molecule has 0 saturated carbocycles. The van der Waals surface area contributed by atoms with E-state index in [-0.39, 0.29) is 18.0 Å². The molecule has 0 aliphatic carbocycles. The molecule has 0 aliphatic heterocycles. The molecule has 0 aliphatic rings. The summed E-state index contributed by atoms with van der Waals surface area (Å²) in [6.45, 7) is 4.75. The summed E-state index contributed by atoms with van der Waals surface area (Å²) in [7, 11) is -5.96. The monoisotopic (exact) mass is 568 g/mol. The van der Waals surface area contributed by atoms with Gasteiger partial charge in [-0.1, -0.05) is 92.7 Å². The minimum absolute atomic E-state index is 0.0616. The number of pyridine rings is 1. The molecule has 0 N–H and O–H groups in total. The number of benzene rings is 3. The molecule has 0 bridgehead atoms. The van der Waals surface area contributed by atoms with E-state index in [1.807, 2.05) is 85.5 Å². The number of anilines is 1. The van der Waals surface area contributed by atoms with E-state index in [1.165, 1.54) is 4.57 Å². The number of imidazole rings is 1. The predicted molar refractivity (Wildman–Crippen MR) is 148 cm³/mol. The van der Waals surface area contributed by atoms with Crippen molar-refractivity contribution in [2.24, 2.45) is 5.92 Å². The highest BCUT2D eigenvalue weighted by molar-refractivity contribution is 7.87. The summed E-state index contributed by atoms with van der Waals surface area (Å²) in [6, 6.07) is 25.9. The first-order valence-electron chi connectivity index (χ1n) is 12.7. The summed E-state index contributed by atoms with van der Waals surface area (Å²) in [5, 5.41) is 0.619. The summed E-state index contributed by atoms with van der Waals surface area (Å²) in [6.07, 6.45) is 0. The summed E-state index contributed by atoms with van der Waals surface area (Å²) >= 11 is 0. The van der Waals surface area contributed by atoms with Gasteiger partial charge in [0.2, 0.25) is 0 Å². The van der Waals surface area contributed by atoms with Gasteiger partial charge in [-0.15, -0.1) is 0 Å². The fraction of sp³-hybridized carbons (Fsp3) is 0.241. The summed E-state index contributed by atoms with van der Waals surface area (Å²) in [5.41, 5.74) is -2.35. The van der Waals surface area contributed by atoms with Crippen LogP contribution in [-0.2, 0) is 29.8 Å². The van der Waals surface area contributed by atoms with Gasteiger partial charge in [0, 0.05) is 25.0 Å². The van der Waals surface area contributed by atoms with Crippen LogP contribution in [0.15, 0.2) is 84.9 Å². The molecular weight excluding hydrogens is 541 g/mol. The molecule has 11 heteroatoms. The Labute approximate surface area is 230 Å². The van der Waals surface area contributed by atoms with Crippen LogP contribution in [0.5, 0.6) is 6.01 Å². The Morgan fingerprint density at radius 2 is 1.40 bits per heavy atom. The number of fused-ring (bicyclic) bond motifs is 3. The van der Waals surface area contributed by atoms with Crippen LogP contribution in [0.3, 0.4) is 0 Å². The third-order valence-electron chi connectivity index (χ3n) is 6.28. The van der Waals surface area contributed by atoms with Gasteiger partial charge < -0.3 is 9.08 Å². The molecule has 0 spiro atoms. The van der Waals surface area contributed by atoms with Crippen LogP contribution < -0.4 is 9.08 Å². The lowest BCUT2D eigenvalue weighted by Gasteiger charge is -2.25. The third kappa shape index (κ3) is 5.60. The molecule has 2 heterocycles. The molecule has 7 nitrogen and oxygen atoms in total. The Bertz CT molecular complexity index is 1700. The van der Waals surface area contributed by atoms with Gasteiger partial charge in [0.05, 0.1) is 11.0 Å². The van der Waals surface area contributed by atoms with Crippen LogP contribution in [0.2, 0.25) is 0 Å². The lowest BCUT2D eigenvalue weighted by atomic mass is 10.1. The van der Waals surface area contributed by atoms with Crippen LogP contribution in [-0.4, -0.2) is 28.5 Å². The number of alkyl halides is 3. The van der Waals surface area contributed by atoms with Gasteiger partial charge in [0.15, 0.2) is 5.82 Å². The fourth-order valence-corrected chi connectivity index (χ4v) is 4.99. The molecule has 0 amide bonds. The molecule has 0 saturated heterocycles. The maximum atomic E-state index is 13.3. The lowest BCUT2D eigenvalue weighted by molar-refractivity contribution is -0.0503. The highest BCUT2D eigenvalue weighted by Gasteiger charge is 2.49. The van der Waals surface area contributed by atoms with E-state index in [0.29, 0.717) is 35.3 Å². The number of hydrogen-bond acceptors (Lipinski definition) is 6. The van der Waals surface area contributed by atoms with Crippen molar-refractivity contribution < 1.29 is 25.8 Å². The highest BCUT2D eigenvalue weighted by atomic mass is 32.2. The molecule has 2 aromatic heterocycles. The first-order valence-corrected chi connectivity index (χ1v) is 14.1. The second-order valence-corrected chi connectivity index (χ2v) is 11.4. The summed E-state index contributed by atoms with van der Waals surface area (Å²) < 4.78 is 70.2. The van der Waals surface area contributed by atoms with Crippen molar-refractivity contribution in [3.63, 3.8) is 0 Å². The molecule has 0 radical (unpaired) electrons. The van der Waals surface area contributed by atoms with Crippen molar-refractivity contribution in [3.05, 3.63) is 96.1 Å². The van der Waals surface area contributed by atoms with Crippen molar-refractivity contribution in [1.82, 2.24) is 14.5 Å². The maximum Gasteiger partial charge on any atom is 0.534 e. The maximum absolute atomic E-state index is 13.3. The lowest BCUT2D eigenvalue weighted by Crippen LogP contribution is -2.29. The average molecular weight is 569 g/mol. The van der Waals surface area contributed by atoms with Gasteiger partial charge in [0.25, 0.3) is 0 Å². The number of halogens is 3. The van der Waals surface area contributed by atoms with E-state index < -0.39 is 21.6 Å². The van der Waals surface area contributed by atoms with E-state index in [2.05, 4.69) is 9.17 Å². The second-order valence-electron chi connectivity index (χ2n) is 9.86. The zero-order chi connectivity index (χ0) is 28.5. The number of nitrogens with zero attached hydrogens (tertiary/aromatic N) is 4. The topological polar surface area (TPSA) is 77.3 Å². The Morgan fingerprint density at radius 3 is 1.95 bits per heavy atom. The molecule has 0 unspecified atom stereocenters. The Kier molecular flexibility index (Phi) is 7.41. The van der Waals surface area contributed by atoms with Crippen LogP contribution >= 0.6 is 0 Å². The Balaban J connectivity index is 1.78. The number of hydrogen-bond donors (Lipinski definition) is 0. The van der Waals surface area contributed by atoms with E-state index in [1.54, 1.807) is 18.2 Å². The Morgan fingerprint density at radius 1 is 0.850 bits per heavy atom. The quantitative estimate of drug-likeness (QED) is 0.146. The van der Waals surface area contributed by atoms with E-state index in [0.717, 1.165) is 11.1 Å². The predicted octanol–water partition coefficient (Wildman–Crippen LogP) is 6.68. The van der Waals surface area contributed by atoms with Crippen LogP contribution in [0, 0.1) is 5.92 Å². The molecule has 5 rings (SSSR count). The molecule has 208 valence electrons. The van der Waals surface area contributed by atoms with Gasteiger partial charge in [-0.25, -0.2) is 4.98 Å². The van der Waals surface area contributed by atoms with Crippen molar-refractivity contribution in [3.8, 4) is 6.01 Å². The van der Waals surface area contributed by atoms with Gasteiger partial charge in [-0.2, -0.15) is 26.6 Å². The average Bonchev–Trinajstić information content (AvgIpc) is 3.25. The van der Waals surface area contributed by atoms with E-state index in [9.17, 15) is 21.6 Å². The SMILES string of the molecule is CC(C)Cn1c(OS(=O)(=O)C(F)(F)F)nc2c(N(Cc3ccccc3)Cc3ccccc3)nc3ccccc3c21. The van der Waals surface area contributed by atoms with Crippen molar-refractivity contribution >= 4 is 37.9 Å². The number of para-hydroxylation sites is 1. The fourth-order valence-electron chi connectivity index (χ4n) is 4.58. The van der Waals surface area contributed by atoms with Gasteiger partial charge >= 0.3 is 21.6 Å². The third-order valence-corrected chi connectivity index (χ3v) is 7.21. The van der Waals surface area contributed by atoms with Crippen LogP contribution in [0.4, 0.5) is 19.0 Å². The highest BCUT2D eigenvalue weighted by Crippen LogP contribution is 2.37. The van der Waals surface area contributed by atoms with Crippen molar-refractivity contribution in [2.75, 3.05) is 4.90 Å². The first kappa shape index (κ1) is 27.4. The second kappa shape index (κ2) is 10.8. The van der Waals surface area contributed by atoms with Crippen LogP contribution in [0.1, 0.15) is 25.0 Å². The van der Waals surface area contributed by atoms with Gasteiger partial charge in [-0.3, -0.25) is 4.57 Å². The molecule has 0 atom stereocenters. The Hall–Kier alpha value is -4.12. The molecule has 5 aromatic rings. The molecule has 3 aromatic carbocycles. The molecule has 40 heavy (non-hydrogen) atoms. The molecular formula is C29H27F3N4O3S. The van der Waals surface area contributed by atoms with Crippen LogP contribution in [0.25, 0.3) is 21.9 Å². The van der Waals surface area contributed by atoms with Gasteiger partial charge in [0.1, 0.15) is 5.52 Å². The minimum Gasteiger partial charge on any atom is -0.346 e. The number of aromatic nitrogens is 3. The smallest absolute Gasteiger partial charge is 0.346 e. The zero-order valence-corrected chi connectivity index (χ0v) is 22.7. The summed E-state index contributed by atoms with van der Waals surface area (Å²) in [4.78, 5) is 11.3. The normalized spacial score (nSPS) is 12.3. The van der Waals surface area contributed by atoms with Gasteiger partial charge in [-0.05, 0) is 23.1 Å². The first-order chi connectivity index (χ1) is 19.0. The largest absolute Gasteiger partial charge is 0.534 e. The van der Waals surface area contributed by atoms with E-state index >= 15 is 0 Å².